The minimum Gasteiger partial charge on any atom is -0.504 e. The number of carbonyl (C=O) groups excluding carboxylic acids is 1. The quantitative estimate of drug-likeness (QED) is 0.536. The minimum atomic E-state index is -0.547. The normalized spacial score (nSPS) is 35.2. The van der Waals surface area contributed by atoms with E-state index in [-0.39, 0.29) is 46.8 Å². The van der Waals surface area contributed by atoms with Crippen LogP contribution in [0.3, 0.4) is 0 Å². The molecule has 0 radical (unpaired) electrons. The number of ether oxygens (including phenoxy) is 3. The second-order valence-electron chi connectivity index (χ2n) is 13.5. The van der Waals surface area contributed by atoms with Crippen molar-refractivity contribution < 1.29 is 24.1 Å². The van der Waals surface area contributed by atoms with E-state index in [9.17, 15) is 9.90 Å². The summed E-state index contributed by atoms with van der Waals surface area (Å²) < 4.78 is 19.3. The van der Waals surface area contributed by atoms with Gasteiger partial charge in [0.1, 0.15) is 17.7 Å². The van der Waals surface area contributed by atoms with E-state index in [0.29, 0.717) is 5.75 Å². The van der Waals surface area contributed by atoms with Crippen LogP contribution in [0.4, 0.5) is 0 Å². The SMILES string of the molecule is CO[C@@]12CCC(N[C@@H](C(=O)OC(C)(C)C)C(C)C)[C@@H]3Oc4c(O)ccc5c4[C@@]31CCN(CC1CC1)C2C5. The Morgan fingerprint density at radius 1 is 1.24 bits per heavy atom. The van der Waals surface area contributed by atoms with Crippen molar-refractivity contribution in [1.29, 1.82) is 0 Å². The third kappa shape index (κ3) is 3.75. The standard InChI is InChI=1S/C30H44N2O5/c1-17(2)24(27(34)37-28(3,4)5)31-20-11-12-30(35-6)22-15-19-9-10-21(33)25-23(19)29(30,26(20)36-25)13-14-32(22)16-18-7-8-18/h9-10,17-18,20,22,24,26,31,33H,7-8,11-16H2,1-6H3/t20?,22?,24-,26+,29+,30-/m1/s1. The van der Waals surface area contributed by atoms with Gasteiger partial charge in [0.05, 0.1) is 11.0 Å². The molecule has 2 bridgehead atoms. The molecule has 1 aromatic carbocycles. The smallest absolute Gasteiger partial charge is 0.323 e. The lowest BCUT2D eigenvalue weighted by molar-refractivity contribution is -0.208. The summed E-state index contributed by atoms with van der Waals surface area (Å²) >= 11 is 0. The highest BCUT2D eigenvalue weighted by molar-refractivity contribution is 5.76. The first-order chi connectivity index (χ1) is 17.5. The number of esters is 1. The van der Waals surface area contributed by atoms with Gasteiger partial charge in [0.2, 0.25) is 0 Å². The molecular weight excluding hydrogens is 468 g/mol. The third-order valence-electron chi connectivity index (χ3n) is 9.81. The molecule has 204 valence electrons. The summed E-state index contributed by atoms with van der Waals surface area (Å²) in [6.45, 7) is 12.0. The van der Waals surface area contributed by atoms with Crippen LogP contribution in [0.15, 0.2) is 12.1 Å². The molecular formula is C30H44N2O5. The molecule has 1 saturated heterocycles. The Bertz CT molecular complexity index is 1080. The van der Waals surface area contributed by atoms with E-state index >= 15 is 0 Å². The van der Waals surface area contributed by atoms with Crippen LogP contribution in [0.2, 0.25) is 0 Å². The predicted octanol–water partition coefficient (Wildman–Crippen LogP) is 3.93. The maximum absolute atomic E-state index is 13.3. The Balaban J connectivity index is 1.40. The van der Waals surface area contributed by atoms with Crippen molar-refractivity contribution in [2.24, 2.45) is 11.8 Å². The zero-order valence-electron chi connectivity index (χ0n) is 23.3. The highest BCUT2D eigenvalue weighted by atomic mass is 16.6. The van der Waals surface area contributed by atoms with Crippen LogP contribution in [0.25, 0.3) is 0 Å². The minimum absolute atomic E-state index is 0.0587. The van der Waals surface area contributed by atoms with E-state index in [0.717, 1.165) is 50.3 Å². The highest BCUT2D eigenvalue weighted by Gasteiger charge is 2.74. The Hall–Kier alpha value is -1.83. The molecule has 1 aromatic rings. The highest BCUT2D eigenvalue weighted by Crippen LogP contribution is 2.66. The van der Waals surface area contributed by atoms with Crippen molar-refractivity contribution in [3.8, 4) is 11.5 Å². The molecule has 0 amide bonds. The number of benzene rings is 1. The Morgan fingerprint density at radius 3 is 2.65 bits per heavy atom. The molecule has 3 aliphatic carbocycles. The average molecular weight is 513 g/mol. The first-order valence-corrected chi connectivity index (χ1v) is 14.3. The summed E-state index contributed by atoms with van der Waals surface area (Å²) in [7, 11) is 1.88. The third-order valence-corrected chi connectivity index (χ3v) is 9.81. The summed E-state index contributed by atoms with van der Waals surface area (Å²) in [5, 5.41) is 14.7. The van der Waals surface area contributed by atoms with Crippen molar-refractivity contribution >= 4 is 5.97 Å². The molecule has 7 heteroatoms. The van der Waals surface area contributed by atoms with Gasteiger partial charge in [0.15, 0.2) is 11.5 Å². The van der Waals surface area contributed by atoms with Crippen LogP contribution >= 0.6 is 0 Å². The molecule has 3 fully saturated rings. The van der Waals surface area contributed by atoms with E-state index in [1.165, 1.54) is 18.4 Å². The predicted molar refractivity (Wildman–Crippen MR) is 141 cm³/mol. The Kier molecular flexibility index (Phi) is 5.91. The number of piperidine rings is 1. The zero-order valence-corrected chi connectivity index (χ0v) is 23.3. The maximum Gasteiger partial charge on any atom is 0.323 e. The van der Waals surface area contributed by atoms with Gasteiger partial charge in [-0.3, -0.25) is 15.0 Å². The summed E-state index contributed by atoms with van der Waals surface area (Å²) in [4.78, 5) is 16.0. The lowest BCUT2D eigenvalue weighted by Gasteiger charge is -2.66. The summed E-state index contributed by atoms with van der Waals surface area (Å²) in [6, 6.07) is 3.68. The fourth-order valence-electron chi connectivity index (χ4n) is 8.17. The van der Waals surface area contributed by atoms with Crippen LogP contribution in [0.1, 0.15) is 77.8 Å². The number of hydrogen-bond acceptors (Lipinski definition) is 7. The van der Waals surface area contributed by atoms with Crippen LogP contribution in [0, 0.1) is 11.8 Å². The van der Waals surface area contributed by atoms with E-state index in [2.05, 4.69) is 30.1 Å². The molecule has 37 heavy (non-hydrogen) atoms. The molecule has 7 nitrogen and oxygen atoms in total. The second-order valence-corrected chi connectivity index (χ2v) is 13.5. The number of nitrogens with one attached hydrogen (secondary N) is 1. The van der Waals surface area contributed by atoms with E-state index in [4.69, 9.17) is 14.2 Å². The van der Waals surface area contributed by atoms with Gasteiger partial charge in [-0.15, -0.1) is 0 Å². The molecule has 2 aliphatic heterocycles. The van der Waals surface area contributed by atoms with Crippen molar-refractivity contribution in [2.75, 3.05) is 20.2 Å². The Labute approximate surface area is 221 Å². The zero-order chi connectivity index (χ0) is 26.3. The molecule has 0 aromatic heterocycles. The topological polar surface area (TPSA) is 80.3 Å². The molecule has 6 atom stereocenters. The maximum atomic E-state index is 13.3. The van der Waals surface area contributed by atoms with Crippen LogP contribution < -0.4 is 10.1 Å². The first kappa shape index (κ1) is 25.4. The first-order valence-electron chi connectivity index (χ1n) is 14.3. The van der Waals surface area contributed by atoms with Crippen LogP contribution in [-0.2, 0) is 26.1 Å². The summed E-state index contributed by atoms with van der Waals surface area (Å²) in [5.41, 5.74) is 1.15. The lowest BCUT2D eigenvalue weighted by atomic mass is 9.48. The number of hydrogen-bond donors (Lipinski definition) is 2. The van der Waals surface area contributed by atoms with Gasteiger partial charge in [0, 0.05) is 31.3 Å². The lowest BCUT2D eigenvalue weighted by Crippen LogP contribution is -2.79. The number of phenols is 1. The van der Waals surface area contributed by atoms with Crippen molar-refractivity contribution in [3.63, 3.8) is 0 Å². The number of nitrogens with zero attached hydrogens (tertiary/aromatic N) is 1. The monoisotopic (exact) mass is 512 g/mol. The van der Waals surface area contributed by atoms with Gasteiger partial charge in [-0.1, -0.05) is 19.9 Å². The molecule has 1 spiro atoms. The summed E-state index contributed by atoms with van der Waals surface area (Å²) in [6.07, 6.45) is 6.02. The molecule has 2 heterocycles. The van der Waals surface area contributed by atoms with Crippen molar-refractivity contribution in [3.05, 3.63) is 23.3 Å². The number of phenolic OH excluding ortho intramolecular Hbond substituents is 1. The number of carbonyl (C=O) groups is 1. The van der Waals surface area contributed by atoms with Gasteiger partial charge >= 0.3 is 5.97 Å². The number of rotatable bonds is 7. The van der Waals surface area contributed by atoms with Gasteiger partial charge in [-0.25, -0.2) is 0 Å². The Morgan fingerprint density at radius 2 is 2.00 bits per heavy atom. The second kappa shape index (κ2) is 8.59. The van der Waals surface area contributed by atoms with Crippen molar-refractivity contribution in [2.45, 2.75) is 114 Å². The fraction of sp³-hybridized carbons (Fsp3) is 0.767. The fourth-order valence-corrected chi connectivity index (χ4v) is 8.17. The van der Waals surface area contributed by atoms with Crippen LogP contribution in [0.5, 0.6) is 11.5 Å². The van der Waals surface area contributed by atoms with Gasteiger partial charge in [0.25, 0.3) is 0 Å². The van der Waals surface area contributed by atoms with Gasteiger partial charge < -0.3 is 19.3 Å². The van der Waals surface area contributed by atoms with E-state index in [1.54, 1.807) is 6.07 Å². The molecule has 6 rings (SSSR count). The molecule has 2 saturated carbocycles. The largest absolute Gasteiger partial charge is 0.504 e. The van der Waals surface area contributed by atoms with Crippen LogP contribution in [-0.4, -0.2) is 71.6 Å². The van der Waals surface area contributed by atoms with Gasteiger partial charge in [-0.05, 0) is 89.3 Å². The van der Waals surface area contributed by atoms with Gasteiger partial charge in [-0.2, -0.15) is 0 Å². The number of methoxy groups -OCH3 is 1. The molecule has 2 unspecified atom stereocenters. The number of likely N-dealkylation sites (tertiary alicyclic amines) is 1. The van der Waals surface area contributed by atoms with Crippen molar-refractivity contribution in [1.82, 2.24) is 10.2 Å². The molecule has 5 aliphatic rings. The molecule has 2 N–H and O–H groups in total. The average Bonchev–Trinajstić information content (AvgIpc) is 3.57. The van der Waals surface area contributed by atoms with E-state index < -0.39 is 11.6 Å². The van der Waals surface area contributed by atoms with E-state index in [1.807, 2.05) is 27.9 Å². The summed E-state index contributed by atoms with van der Waals surface area (Å²) in [5.74, 6) is 1.49. The number of aromatic hydroxyl groups is 1.